The maximum atomic E-state index is 12.4. The van der Waals surface area contributed by atoms with Crippen molar-refractivity contribution in [1.29, 1.82) is 5.26 Å². The van der Waals surface area contributed by atoms with Crippen LogP contribution in [0.25, 0.3) is 0 Å². The van der Waals surface area contributed by atoms with Crippen molar-refractivity contribution in [1.82, 2.24) is 4.90 Å². The Labute approximate surface area is 146 Å². The topological polar surface area (TPSA) is 73.2 Å². The maximum Gasteiger partial charge on any atom is 0.255 e. The third-order valence-corrected chi connectivity index (χ3v) is 4.29. The molecule has 0 aromatic heterocycles. The second-order valence-corrected chi connectivity index (χ2v) is 6.08. The molecule has 3 rings (SSSR count). The summed E-state index contributed by atoms with van der Waals surface area (Å²) in [6.45, 7) is 1.60. The van der Waals surface area contributed by atoms with E-state index in [-0.39, 0.29) is 11.8 Å². The summed E-state index contributed by atoms with van der Waals surface area (Å²) in [6, 6.07) is 15.5. The molecule has 0 unspecified atom stereocenters. The first kappa shape index (κ1) is 16.7. The summed E-state index contributed by atoms with van der Waals surface area (Å²) >= 11 is 0. The van der Waals surface area contributed by atoms with Crippen LogP contribution in [0.3, 0.4) is 0 Å². The van der Waals surface area contributed by atoms with Gasteiger partial charge in [-0.05, 0) is 61.7 Å². The molecule has 1 heterocycles. The highest BCUT2D eigenvalue weighted by atomic mass is 16.2. The standard InChI is InChI=1S/C20H19N3O2/c21-14-15-5-4-6-18(13-15)22-19(24)16-7-9-17(10-8-16)20(25)23-11-2-1-3-12-23/h4-10,13H,1-3,11-12H2,(H,22,24). The monoisotopic (exact) mass is 333 g/mol. The van der Waals surface area contributed by atoms with Crippen LogP contribution in [-0.2, 0) is 0 Å². The average Bonchev–Trinajstić information content (AvgIpc) is 2.68. The van der Waals surface area contributed by atoms with Gasteiger partial charge in [-0.1, -0.05) is 6.07 Å². The normalized spacial score (nSPS) is 13.8. The third-order valence-electron chi connectivity index (χ3n) is 4.29. The van der Waals surface area contributed by atoms with Crippen LogP contribution in [0.4, 0.5) is 5.69 Å². The van der Waals surface area contributed by atoms with Crippen LogP contribution in [0, 0.1) is 11.3 Å². The highest BCUT2D eigenvalue weighted by Crippen LogP contribution is 2.15. The summed E-state index contributed by atoms with van der Waals surface area (Å²) < 4.78 is 0. The fourth-order valence-corrected chi connectivity index (χ4v) is 2.91. The Kier molecular flexibility index (Phi) is 5.10. The second kappa shape index (κ2) is 7.63. The lowest BCUT2D eigenvalue weighted by Crippen LogP contribution is -2.35. The van der Waals surface area contributed by atoms with Gasteiger partial charge in [0.25, 0.3) is 11.8 Å². The Bertz CT molecular complexity index is 816. The van der Waals surface area contributed by atoms with E-state index in [1.807, 2.05) is 11.0 Å². The van der Waals surface area contributed by atoms with Crippen LogP contribution < -0.4 is 5.32 Å². The van der Waals surface area contributed by atoms with Crippen LogP contribution in [0.5, 0.6) is 0 Å². The molecule has 5 nitrogen and oxygen atoms in total. The van der Waals surface area contributed by atoms with Crippen LogP contribution in [0.2, 0.25) is 0 Å². The van der Waals surface area contributed by atoms with Gasteiger partial charge in [0.1, 0.15) is 0 Å². The van der Waals surface area contributed by atoms with Gasteiger partial charge in [-0.2, -0.15) is 5.26 Å². The van der Waals surface area contributed by atoms with Crippen molar-refractivity contribution in [3.63, 3.8) is 0 Å². The molecule has 126 valence electrons. The number of nitriles is 1. The van der Waals surface area contributed by atoms with Gasteiger partial charge in [0.05, 0.1) is 11.6 Å². The molecule has 0 spiro atoms. The third kappa shape index (κ3) is 4.04. The Morgan fingerprint density at radius 1 is 0.960 bits per heavy atom. The minimum Gasteiger partial charge on any atom is -0.339 e. The SMILES string of the molecule is N#Cc1cccc(NC(=O)c2ccc(C(=O)N3CCCCC3)cc2)c1. The number of likely N-dealkylation sites (tertiary alicyclic amines) is 1. The highest BCUT2D eigenvalue weighted by Gasteiger charge is 2.18. The lowest BCUT2D eigenvalue weighted by atomic mass is 10.1. The molecule has 1 saturated heterocycles. The van der Waals surface area contributed by atoms with E-state index >= 15 is 0 Å². The van der Waals surface area contributed by atoms with E-state index in [2.05, 4.69) is 5.32 Å². The van der Waals surface area contributed by atoms with Crippen molar-refractivity contribution in [3.05, 3.63) is 65.2 Å². The van der Waals surface area contributed by atoms with Crippen LogP contribution in [0.1, 0.15) is 45.5 Å². The Balaban J connectivity index is 1.68. The van der Waals surface area contributed by atoms with Crippen molar-refractivity contribution in [3.8, 4) is 6.07 Å². The fraction of sp³-hybridized carbons (Fsp3) is 0.250. The molecule has 0 radical (unpaired) electrons. The van der Waals surface area contributed by atoms with Crippen molar-refractivity contribution >= 4 is 17.5 Å². The Morgan fingerprint density at radius 2 is 1.64 bits per heavy atom. The zero-order valence-electron chi connectivity index (χ0n) is 13.9. The average molecular weight is 333 g/mol. The van der Waals surface area contributed by atoms with E-state index in [1.165, 1.54) is 6.42 Å². The van der Waals surface area contributed by atoms with Gasteiger partial charge < -0.3 is 10.2 Å². The van der Waals surface area contributed by atoms with Gasteiger partial charge >= 0.3 is 0 Å². The largest absolute Gasteiger partial charge is 0.339 e. The number of nitrogens with one attached hydrogen (secondary N) is 1. The van der Waals surface area contributed by atoms with Gasteiger partial charge in [0.15, 0.2) is 0 Å². The summed E-state index contributed by atoms with van der Waals surface area (Å²) in [5.41, 5.74) is 2.13. The molecule has 2 aromatic rings. The van der Waals surface area contributed by atoms with Crippen molar-refractivity contribution in [2.75, 3.05) is 18.4 Å². The van der Waals surface area contributed by atoms with Gasteiger partial charge in [-0.25, -0.2) is 0 Å². The van der Waals surface area contributed by atoms with E-state index in [0.717, 1.165) is 25.9 Å². The number of piperidine rings is 1. The van der Waals surface area contributed by atoms with Crippen molar-refractivity contribution in [2.45, 2.75) is 19.3 Å². The lowest BCUT2D eigenvalue weighted by molar-refractivity contribution is 0.0724. The number of amides is 2. The zero-order chi connectivity index (χ0) is 17.6. The predicted octanol–water partition coefficient (Wildman–Crippen LogP) is 3.44. The van der Waals surface area contributed by atoms with Crippen molar-refractivity contribution in [2.24, 2.45) is 0 Å². The van der Waals surface area contributed by atoms with Crippen LogP contribution >= 0.6 is 0 Å². The highest BCUT2D eigenvalue weighted by molar-refractivity contribution is 6.05. The summed E-state index contributed by atoms with van der Waals surface area (Å²) in [7, 11) is 0. The molecule has 1 aliphatic rings. The lowest BCUT2D eigenvalue weighted by Gasteiger charge is -2.26. The number of rotatable bonds is 3. The first-order valence-electron chi connectivity index (χ1n) is 8.38. The Morgan fingerprint density at radius 3 is 2.32 bits per heavy atom. The first-order valence-corrected chi connectivity index (χ1v) is 8.38. The summed E-state index contributed by atoms with van der Waals surface area (Å²) in [6.07, 6.45) is 3.28. The number of hydrogen-bond acceptors (Lipinski definition) is 3. The number of nitrogens with zero attached hydrogens (tertiary/aromatic N) is 2. The van der Waals surface area contributed by atoms with Gasteiger partial charge in [0, 0.05) is 29.9 Å². The number of carbonyl (C=O) groups is 2. The summed E-state index contributed by atoms with van der Waals surface area (Å²) in [5.74, 6) is -0.250. The predicted molar refractivity (Wildman–Crippen MR) is 95.3 cm³/mol. The Hall–Kier alpha value is -3.13. The number of hydrogen-bond donors (Lipinski definition) is 1. The van der Waals surface area contributed by atoms with Crippen molar-refractivity contribution < 1.29 is 9.59 Å². The molecule has 2 aromatic carbocycles. The molecule has 2 amide bonds. The molecule has 5 heteroatoms. The van der Waals surface area contributed by atoms with Gasteiger partial charge in [0.2, 0.25) is 0 Å². The first-order chi connectivity index (χ1) is 12.2. The maximum absolute atomic E-state index is 12.4. The molecule has 0 atom stereocenters. The summed E-state index contributed by atoms with van der Waals surface area (Å²) in [4.78, 5) is 26.6. The molecule has 1 aliphatic heterocycles. The van der Waals surface area contributed by atoms with Gasteiger partial charge in [-0.15, -0.1) is 0 Å². The van der Waals surface area contributed by atoms with E-state index in [4.69, 9.17) is 5.26 Å². The molecule has 0 aliphatic carbocycles. The van der Waals surface area contributed by atoms with E-state index in [0.29, 0.717) is 22.4 Å². The zero-order valence-corrected chi connectivity index (χ0v) is 13.9. The second-order valence-electron chi connectivity index (χ2n) is 6.08. The molecule has 0 bridgehead atoms. The molecule has 1 N–H and O–H groups in total. The van der Waals surface area contributed by atoms with Crippen LogP contribution in [-0.4, -0.2) is 29.8 Å². The minimum atomic E-state index is -0.271. The smallest absolute Gasteiger partial charge is 0.255 e. The molecular weight excluding hydrogens is 314 g/mol. The van der Waals surface area contributed by atoms with Gasteiger partial charge in [-0.3, -0.25) is 9.59 Å². The molecule has 1 fully saturated rings. The number of benzene rings is 2. The van der Waals surface area contributed by atoms with E-state index in [9.17, 15) is 9.59 Å². The molecule has 25 heavy (non-hydrogen) atoms. The van der Waals surface area contributed by atoms with Crippen LogP contribution in [0.15, 0.2) is 48.5 Å². The number of carbonyl (C=O) groups excluding carboxylic acids is 2. The summed E-state index contributed by atoms with van der Waals surface area (Å²) in [5, 5.41) is 11.7. The van der Waals surface area contributed by atoms with E-state index in [1.54, 1.807) is 48.5 Å². The molecule has 0 saturated carbocycles. The molecular formula is C20H19N3O2. The minimum absolute atomic E-state index is 0.0216. The fourth-order valence-electron chi connectivity index (χ4n) is 2.91. The number of anilines is 1. The quantitative estimate of drug-likeness (QED) is 0.935. The van der Waals surface area contributed by atoms with E-state index < -0.39 is 0 Å².